The highest BCUT2D eigenvalue weighted by atomic mass is 35.5. The summed E-state index contributed by atoms with van der Waals surface area (Å²) in [5.41, 5.74) is 0.501. The number of hydrogen-bond donors (Lipinski definition) is 0. The van der Waals surface area contributed by atoms with Crippen LogP contribution in [0.5, 0.6) is 0 Å². The molecule has 3 heteroatoms. The van der Waals surface area contributed by atoms with Crippen LogP contribution in [0.3, 0.4) is 0 Å². The predicted molar refractivity (Wildman–Crippen MR) is 72.0 cm³/mol. The van der Waals surface area contributed by atoms with Crippen LogP contribution in [0.1, 0.15) is 48.9 Å². The molecule has 17 heavy (non-hydrogen) atoms. The number of Topliss-reactive ketones (excluding diaryl/α,β-unsaturated/α-hetero) is 1. The quantitative estimate of drug-likeness (QED) is 0.695. The van der Waals surface area contributed by atoms with E-state index in [-0.39, 0.29) is 5.78 Å². The smallest absolute Gasteiger partial charge is 0.166 e. The van der Waals surface area contributed by atoms with Gasteiger partial charge in [0.05, 0.1) is 15.6 Å². The van der Waals surface area contributed by atoms with E-state index in [2.05, 4.69) is 0 Å². The van der Waals surface area contributed by atoms with E-state index in [1.165, 1.54) is 19.3 Å². The Morgan fingerprint density at radius 2 is 1.71 bits per heavy atom. The normalized spacial score (nSPS) is 17.1. The Kier molecular flexibility index (Phi) is 4.47. The standard InChI is InChI=1S/C14H16Cl2O/c15-11-7-4-8-12(16)14(11)13(17)9-10-5-2-1-3-6-10/h4,7-8,10H,1-3,5-6,9H2. The maximum atomic E-state index is 12.2. The van der Waals surface area contributed by atoms with Gasteiger partial charge in [-0.15, -0.1) is 0 Å². The van der Waals surface area contributed by atoms with Crippen molar-refractivity contribution < 1.29 is 4.79 Å². The first-order chi connectivity index (χ1) is 8.18. The summed E-state index contributed by atoms with van der Waals surface area (Å²) in [5, 5.41) is 0.941. The van der Waals surface area contributed by atoms with E-state index in [0.29, 0.717) is 27.9 Å². The second kappa shape index (κ2) is 5.88. The van der Waals surface area contributed by atoms with Crippen molar-refractivity contribution in [1.82, 2.24) is 0 Å². The Morgan fingerprint density at radius 3 is 2.29 bits per heavy atom. The minimum atomic E-state index is 0.0903. The maximum absolute atomic E-state index is 12.2. The van der Waals surface area contributed by atoms with Gasteiger partial charge in [0.25, 0.3) is 0 Å². The van der Waals surface area contributed by atoms with Crippen LogP contribution in [0.4, 0.5) is 0 Å². The van der Waals surface area contributed by atoms with Crippen molar-refractivity contribution in [3.63, 3.8) is 0 Å². The zero-order valence-corrected chi connectivity index (χ0v) is 11.2. The molecular formula is C14H16Cl2O. The molecule has 0 bridgehead atoms. The van der Waals surface area contributed by atoms with Crippen LogP contribution in [0.2, 0.25) is 10.0 Å². The highest BCUT2D eigenvalue weighted by molar-refractivity contribution is 6.39. The van der Waals surface area contributed by atoms with E-state index in [1.54, 1.807) is 18.2 Å². The summed E-state index contributed by atoms with van der Waals surface area (Å²) in [4.78, 5) is 12.2. The van der Waals surface area contributed by atoms with Crippen molar-refractivity contribution in [2.45, 2.75) is 38.5 Å². The molecule has 2 rings (SSSR count). The van der Waals surface area contributed by atoms with Gasteiger partial charge in [0.15, 0.2) is 5.78 Å². The van der Waals surface area contributed by atoms with Gasteiger partial charge in [0.1, 0.15) is 0 Å². The maximum Gasteiger partial charge on any atom is 0.166 e. The number of rotatable bonds is 3. The highest BCUT2D eigenvalue weighted by Crippen LogP contribution is 2.31. The summed E-state index contributed by atoms with van der Waals surface area (Å²) in [6, 6.07) is 5.21. The lowest BCUT2D eigenvalue weighted by atomic mass is 9.85. The fourth-order valence-corrected chi connectivity index (χ4v) is 3.13. The molecular weight excluding hydrogens is 255 g/mol. The Hall–Kier alpha value is -0.530. The summed E-state index contributed by atoms with van der Waals surface area (Å²) in [6.07, 6.45) is 6.70. The topological polar surface area (TPSA) is 17.1 Å². The van der Waals surface area contributed by atoms with Crippen molar-refractivity contribution in [3.8, 4) is 0 Å². The lowest BCUT2D eigenvalue weighted by molar-refractivity contribution is 0.0950. The van der Waals surface area contributed by atoms with E-state index in [0.717, 1.165) is 12.8 Å². The summed E-state index contributed by atoms with van der Waals surface area (Å²) >= 11 is 12.1. The lowest BCUT2D eigenvalue weighted by Gasteiger charge is -2.21. The van der Waals surface area contributed by atoms with E-state index in [9.17, 15) is 4.79 Å². The summed E-state index contributed by atoms with van der Waals surface area (Å²) in [5.74, 6) is 0.607. The SMILES string of the molecule is O=C(CC1CCCCC1)c1c(Cl)cccc1Cl. The Bertz CT molecular complexity index is 388. The largest absolute Gasteiger partial charge is 0.294 e. The Balaban J connectivity index is 2.08. The third kappa shape index (κ3) is 3.23. The molecule has 0 saturated heterocycles. The minimum absolute atomic E-state index is 0.0903. The molecule has 0 N–H and O–H groups in total. The van der Waals surface area contributed by atoms with Gasteiger partial charge in [-0.3, -0.25) is 4.79 Å². The molecule has 1 fully saturated rings. The van der Waals surface area contributed by atoms with E-state index in [4.69, 9.17) is 23.2 Å². The van der Waals surface area contributed by atoms with Crippen LogP contribution in [0.15, 0.2) is 18.2 Å². The van der Waals surface area contributed by atoms with Crippen LogP contribution in [0.25, 0.3) is 0 Å². The second-order valence-corrected chi connectivity index (χ2v) is 5.54. The fraction of sp³-hybridized carbons (Fsp3) is 0.500. The molecule has 0 spiro atoms. The van der Waals surface area contributed by atoms with Crippen molar-refractivity contribution in [3.05, 3.63) is 33.8 Å². The Morgan fingerprint density at radius 1 is 1.12 bits per heavy atom. The predicted octanol–water partition coefficient (Wildman–Crippen LogP) is 5.15. The Labute approximate surface area is 112 Å². The highest BCUT2D eigenvalue weighted by Gasteiger charge is 2.21. The van der Waals surface area contributed by atoms with Crippen LogP contribution in [-0.2, 0) is 0 Å². The molecule has 1 aliphatic rings. The van der Waals surface area contributed by atoms with Crippen molar-refractivity contribution in [2.24, 2.45) is 5.92 Å². The zero-order valence-electron chi connectivity index (χ0n) is 9.72. The zero-order chi connectivity index (χ0) is 12.3. The average Bonchev–Trinajstić information content (AvgIpc) is 2.30. The van der Waals surface area contributed by atoms with Gasteiger partial charge in [0, 0.05) is 6.42 Å². The third-order valence-electron chi connectivity index (χ3n) is 3.44. The number of hydrogen-bond acceptors (Lipinski definition) is 1. The number of carbonyl (C=O) groups excluding carboxylic acids is 1. The third-order valence-corrected chi connectivity index (χ3v) is 4.07. The van der Waals surface area contributed by atoms with Gasteiger partial charge in [-0.25, -0.2) is 0 Å². The minimum Gasteiger partial charge on any atom is -0.294 e. The first kappa shape index (κ1) is 12.9. The summed E-state index contributed by atoms with van der Waals surface area (Å²) < 4.78 is 0. The van der Waals surface area contributed by atoms with Crippen LogP contribution in [-0.4, -0.2) is 5.78 Å². The molecule has 1 saturated carbocycles. The number of carbonyl (C=O) groups is 1. The second-order valence-electron chi connectivity index (χ2n) is 4.73. The monoisotopic (exact) mass is 270 g/mol. The van der Waals surface area contributed by atoms with E-state index >= 15 is 0 Å². The van der Waals surface area contributed by atoms with Crippen molar-refractivity contribution in [1.29, 1.82) is 0 Å². The molecule has 0 unspecified atom stereocenters. The molecule has 1 aliphatic carbocycles. The molecule has 0 heterocycles. The first-order valence-corrected chi connectivity index (χ1v) is 6.91. The number of benzene rings is 1. The van der Waals surface area contributed by atoms with Gasteiger partial charge in [-0.05, 0) is 18.1 Å². The molecule has 0 radical (unpaired) electrons. The fourth-order valence-electron chi connectivity index (χ4n) is 2.52. The molecule has 1 aromatic rings. The summed E-state index contributed by atoms with van der Waals surface area (Å²) in [6.45, 7) is 0. The molecule has 1 aromatic carbocycles. The molecule has 92 valence electrons. The van der Waals surface area contributed by atoms with E-state index < -0.39 is 0 Å². The lowest BCUT2D eigenvalue weighted by Crippen LogP contribution is -2.12. The van der Waals surface area contributed by atoms with Crippen molar-refractivity contribution >= 4 is 29.0 Å². The van der Waals surface area contributed by atoms with Gasteiger partial charge < -0.3 is 0 Å². The van der Waals surface area contributed by atoms with Gasteiger partial charge >= 0.3 is 0 Å². The summed E-state index contributed by atoms with van der Waals surface area (Å²) in [7, 11) is 0. The van der Waals surface area contributed by atoms with Gasteiger partial charge in [-0.1, -0.05) is 61.4 Å². The van der Waals surface area contributed by atoms with Gasteiger partial charge in [-0.2, -0.15) is 0 Å². The first-order valence-electron chi connectivity index (χ1n) is 6.15. The van der Waals surface area contributed by atoms with Crippen LogP contribution >= 0.6 is 23.2 Å². The number of halogens is 2. The van der Waals surface area contributed by atoms with Crippen molar-refractivity contribution in [2.75, 3.05) is 0 Å². The van der Waals surface area contributed by atoms with Gasteiger partial charge in [0.2, 0.25) is 0 Å². The van der Waals surface area contributed by atoms with Crippen LogP contribution in [0, 0.1) is 5.92 Å². The molecule has 0 aromatic heterocycles. The molecule has 0 amide bonds. The number of ketones is 1. The molecule has 0 aliphatic heterocycles. The molecule has 1 nitrogen and oxygen atoms in total. The molecule has 0 atom stereocenters. The van der Waals surface area contributed by atoms with Crippen LogP contribution < -0.4 is 0 Å². The van der Waals surface area contributed by atoms with E-state index in [1.807, 2.05) is 0 Å². The average molecular weight is 271 g/mol.